The minimum atomic E-state index is -0.395. The molecule has 124 valence electrons. The highest BCUT2D eigenvalue weighted by Gasteiger charge is 2.25. The van der Waals surface area contributed by atoms with E-state index in [1.54, 1.807) is 36.4 Å². The van der Waals surface area contributed by atoms with E-state index in [1.165, 1.54) is 12.1 Å². The van der Waals surface area contributed by atoms with Crippen molar-refractivity contribution in [2.75, 3.05) is 25.0 Å². The zero-order valence-corrected chi connectivity index (χ0v) is 12.8. The molecule has 0 atom stereocenters. The van der Waals surface area contributed by atoms with Gasteiger partial charge in [-0.1, -0.05) is 18.2 Å². The van der Waals surface area contributed by atoms with Crippen molar-refractivity contribution in [2.24, 2.45) is 0 Å². The van der Waals surface area contributed by atoms with E-state index in [0.717, 1.165) is 4.90 Å². The van der Waals surface area contributed by atoms with Crippen molar-refractivity contribution in [2.45, 2.75) is 0 Å². The minimum absolute atomic E-state index is 0.0447. The van der Waals surface area contributed by atoms with Crippen LogP contribution in [0.2, 0.25) is 0 Å². The second-order valence-electron chi connectivity index (χ2n) is 5.19. The van der Waals surface area contributed by atoms with Crippen LogP contribution in [0.25, 0.3) is 0 Å². The molecular formula is C17H16FN3O3. The molecule has 0 bridgehead atoms. The zero-order valence-electron chi connectivity index (χ0n) is 12.8. The van der Waals surface area contributed by atoms with Crippen LogP contribution in [0.4, 0.5) is 14.9 Å². The Morgan fingerprint density at radius 1 is 1.25 bits per heavy atom. The van der Waals surface area contributed by atoms with Crippen LogP contribution < -0.4 is 15.4 Å². The van der Waals surface area contributed by atoms with E-state index >= 15 is 0 Å². The summed E-state index contributed by atoms with van der Waals surface area (Å²) >= 11 is 0. The molecule has 2 N–H and O–H groups in total. The van der Waals surface area contributed by atoms with E-state index < -0.39 is 5.82 Å². The number of nitrogens with one attached hydrogen (secondary N) is 2. The average Bonchev–Trinajstić information content (AvgIpc) is 3.00. The van der Waals surface area contributed by atoms with Gasteiger partial charge in [0.15, 0.2) is 5.75 Å². The average molecular weight is 329 g/mol. The molecule has 3 amide bonds. The summed E-state index contributed by atoms with van der Waals surface area (Å²) < 4.78 is 18.9. The molecule has 6 nitrogen and oxygen atoms in total. The number of anilines is 1. The summed E-state index contributed by atoms with van der Waals surface area (Å²) in [5, 5.41) is 5.53. The third-order valence-corrected chi connectivity index (χ3v) is 3.50. The molecule has 1 fully saturated rings. The summed E-state index contributed by atoms with van der Waals surface area (Å²) in [5.74, 6) is 0.0926. The number of rotatable bonds is 5. The van der Waals surface area contributed by atoms with Gasteiger partial charge < -0.3 is 15.4 Å². The molecule has 0 saturated carbocycles. The molecule has 2 aromatic rings. The Morgan fingerprint density at radius 2 is 2.08 bits per heavy atom. The lowest BCUT2D eigenvalue weighted by atomic mass is 10.2. The van der Waals surface area contributed by atoms with E-state index in [2.05, 4.69) is 10.6 Å². The van der Waals surface area contributed by atoms with Gasteiger partial charge in [-0.25, -0.2) is 9.18 Å². The summed E-state index contributed by atoms with van der Waals surface area (Å²) in [6.07, 6.45) is 0. The van der Waals surface area contributed by atoms with Crippen LogP contribution in [0.5, 0.6) is 11.5 Å². The van der Waals surface area contributed by atoms with Crippen molar-refractivity contribution in [3.05, 3.63) is 54.3 Å². The highest BCUT2D eigenvalue weighted by molar-refractivity contribution is 5.97. The Morgan fingerprint density at radius 3 is 2.83 bits per heavy atom. The van der Waals surface area contributed by atoms with Gasteiger partial charge in [0.2, 0.25) is 5.91 Å². The predicted octanol–water partition coefficient (Wildman–Crippen LogP) is 2.58. The third kappa shape index (κ3) is 3.62. The summed E-state index contributed by atoms with van der Waals surface area (Å²) in [4.78, 5) is 24.7. The van der Waals surface area contributed by atoms with Gasteiger partial charge in [-0.05, 0) is 24.3 Å². The first-order valence-electron chi connectivity index (χ1n) is 7.48. The first kappa shape index (κ1) is 15.8. The van der Waals surface area contributed by atoms with Crippen molar-refractivity contribution in [3.63, 3.8) is 0 Å². The summed E-state index contributed by atoms with van der Waals surface area (Å²) in [6.45, 7) is 0.779. The topological polar surface area (TPSA) is 70.7 Å². The van der Waals surface area contributed by atoms with Gasteiger partial charge in [-0.2, -0.15) is 0 Å². The molecule has 2 aromatic carbocycles. The molecule has 0 aromatic heterocycles. The normalized spacial score (nSPS) is 13.5. The van der Waals surface area contributed by atoms with E-state index in [1.807, 2.05) is 0 Å². The number of para-hydroxylation sites is 2. The molecule has 0 spiro atoms. The van der Waals surface area contributed by atoms with Crippen molar-refractivity contribution >= 4 is 17.6 Å². The fourth-order valence-corrected chi connectivity index (χ4v) is 2.33. The summed E-state index contributed by atoms with van der Waals surface area (Å²) in [6, 6.07) is 12.4. The largest absolute Gasteiger partial charge is 0.455 e. The fraction of sp³-hybridized carbons (Fsp3) is 0.176. The highest BCUT2D eigenvalue weighted by Crippen LogP contribution is 2.29. The summed E-state index contributed by atoms with van der Waals surface area (Å²) in [7, 11) is 0. The van der Waals surface area contributed by atoms with Gasteiger partial charge in [0.05, 0.1) is 12.2 Å². The molecule has 24 heavy (non-hydrogen) atoms. The Labute approximate surface area is 138 Å². The Balaban J connectivity index is 1.68. The molecule has 1 heterocycles. The van der Waals surface area contributed by atoms with Crippen molar-refractivity contribution in [3.8, 4) is 11.5 Å². The standard InChI is InChI=1S/C17H16FN3O3/c18-12-4-3-5-13(10-12)24-15-7-2-1-6-14(15)20-11-16(22)21-9-8-19-17(21)23/h1-7,10,20H,8-9,11H2,(H,19,23). The van der Waals surface area contributed by atoms with Gasteiger partial charge in [-0.3, -0.25) is 9.69 Å². The van der Waals surface area contributed by atoms with Crippen LogP contribution in [-0.4, -0.2) is 36.5 Å². The first-order valence-corrected chi connectivity index (χ1v) is 7.48. The van der Waals surface area contributed by atoms with Crippen LogP contribution in [0.3, 0.4) is 0 Å². The number of amides is 3. The number of halogens is 1. The smallest absolute Gasteiger partial charge is 0.324 e. The number of imide groups is 1. The summed E-state index contributed by atoms with van der Waals surface area (Å²) in [5.41, 5.74) is 0.578. The lowest BCUT2D eigenvalue weighted by Gasteiger charge is -2.15. The lowest BCUT2D eigenvalue weighted by Crippen LogP contribution is -2.38. The van der Waals surface area contributed by atoms with E-state index in [-0.39, 0.29) is 18.5 Å². The first-order chi connectivity index (χ1) is 11.6. The van der Waals surface area contributed by atoms with Gasteiger partial charge in [-0.15, -0.1) is 0 Å². The van der Waals surface area contributed by atoms with Crippen LogP contribution in [0, 0.1) is 5.82 Å². The van der Waals surface area contributed by atoms with E-state index in [0.29, 0.717) is 30.3 Å². The SMILES string of the molecule is O=C(CNc1ccccc1Oc1cccc(F)c1)N1CCNC1=O. The van der Waals surface area contributed by atoms with Gasteiger partial charge in [0, 0.05) is 19.2 Å². The lowest BCUT2D eigenvalue weighted by molar-refractivity contribution is -0.125. The second kappa shape index (κ2) is 6.99. The maximum Gasteiger partial charge on any atom is 0.324 e. The number of benzene rings is 2. The number of carbonyl (C=O) groups excluding carboxylic acids is 2. The monoisotopic (exact) mass is 329 g/mol. The molecule has 1 aliphatic rings. The van der Waals surface area contributed by atoms with Gasteiger partial charge in [0.25, 0.3) is 0 Å². The van der Waals surface area contributed by atoms with E-state index in [4.69, 9.17) is 4.74 Å². The maximum atomic E-state index is 13.3. The number of hydrogen-bond acceptors (Lipinski definition) is 4. The number of nitrogens with zero attached hydrogens (tertiary/aromatic N) is 1. The minimum Gasteiger partial charge on any atom is -0.455 e. The molecule has 1 saturated heterocycles. The van der Waals surface area contributed by atoms with Crippen LogP contribution in [0.1, 0.15) is 0 Å². The Kier molecular flexibility index (Phi) is 4.60. The Hall–Kier alpha value is -3.09. The van der Waals surface area contributed by atoms with Crippen molar-refractivity contribution < 1.29 is 18.7 Å². The number of urea groups is 1. The number of hydrogen-bond donors (Lipinski definition) is 2. The molecule has 0 unspecified atom stereocenters. The van der Waals surface area contributed by atoms with Crippen molar-refractivity contribution in [1.29, 1.82) is 0 Å². The molecule has 7 heteroatoms. The number of carbonyl (C=O) groups is 2. The predicted molar refractivity (Wildman–Crippen MR) is 86.5 cm³/mol. The molecule has 0 aliphatic carbocycles. The highest BCUT2D eigenvalue weighted by atomic mass is 19.1. The second-order valence-corrected chi connectivity index (χ2v) is 5.19. The molecular weight excluding hydrogens is 313 g/mol. The quantitative estimate of drug-likeness (QED) is 0.884. The molecule has 3 rings (SSSR count). The van der Waals surface area contributed by atoms with Crippen molar-refractivity contribution in [1.82, 2.24) is 10.2 Å². The number of ether oxygens (including phenoxy) is 1. The molecule has 0 radical (unpaired) electrons. The van der Waals surface area contributed by atoms with Crippen LogP contribution in [0.15, 0.2) is 48.5 Å². The Bertz CT molecular complexity index is 766. The van der Waals surface area contributed by atoms with Gasteiger partial charge >= 0.3 is 6.03 Å². The van der Waals surface area contributed by atoms with E-state index in [9.17, 15) is 14.0 Å². The van der Waals surface area contributed by atoms with Crippen LogP contribution in [-0.2, 0) is 4.79 Å². The molecule has 1 aliphatic heterocycles. The third-order valence-electron chi connectivity index (χ3n) is 3.50. The zero-order chi connectivity index (χ0) is 16.9. The van der Waals surface area contributed by atoms with Gasteiger partial charge in [0.1, 0.15) is 11.6 Å². The van der Waals surface area contributed by atoms with Crippen LogP contribution >= 0.6 is 0 Å². The maximum absolute atomic E-state index is 13.3. The fourth-order valence-electron chi connectivity index (χ4n) is 2.33.